The monoisotopic (exact) mass is 544 g/mol. The summed E-state index contributed by atoms with van der Waals surface area (Å²) in [6.07, 6.45) is 2.98. The fourth-order valence-electron chi connectivity index (χ4n) is 4.45. The standard InChI is InChI=1S/C32H40N4O4/c1-22(2)18-27-31(39)34-23(3)30(38)33-21-26-16-11-15-24(19-26)12-7-4-5-10-17-29(37)35-28(32(40)36-27)20-25-13-8-6-9-14-25/h6,8-9,11,13-16,19,22-23,27-28H,4-5,10,17-18,20-21H2,1-3H3,(H,33,38)(H,34,39)(H,35,37)(H,36,40)/t23-,27-,28-/m0/s1. The van der Waals surface area contributed by atoms with Gasteiger partial charge in [-0.15, -0.1) is 0 Å². The Bertz CT molecular complexity index is 1230. The molecule has 0 saturated heterocycles. The molecule has 0 aromatic heterocycles. The van der Waals surface area contributed by atoms with E-state index in [9.17, 15) is 19.2 Å². The zero-order chi connectivity index (χ0) is 28.9. The molecule has 2 aromatic carbocycles. The van der Waals surface area contributed by atoms with E-state index in [1.54, 1.807) is 6.92 Å². The molecule has 3 rings (SSSR count). The summed E-state index contributed by atoms with van der Waals surface area (Å²) in [6, 6.07) is 14.5. The largest absolute Gasteiger partial charge is 0.350 e. The van der Waals surface area contributed by atoms with Crippen molar-refractivity contribution in [3.8, 4) is 11.8 Å². The quantitative estimate of drug-likeness (QED) is 0.443. The Morgan fingerprint density at radius 3 is 2.35 bits per heavy atom. The molecule has 40 heavy (non-hydrogen) atoms. The number of carbonyl (C=O) groups is 4. The van der Waals surface area contributed by atoms with Crippen molar-refractivity contribution in [1.82, 2.24) is 21.3 Å². The molecule has 3 atom stereocenters. The second-order valence-corrected chi connectivity index (χ2v) is 10.7. The molecule has 0 saturated carbocycles. The molecule has 1 heterocycles. The van der Waals surface area contributed by atoms with E-state index in [0.29, 0.717) is 25.8 Å². The number of fused-ring (bicyclic) bond motifs is 2. The van der Waals surface area contributed by atoms with Crippen LogP contribution in [0.5, 0.6) is 0 Å². The van der Waals surface area contributed by atoms with Crippen molar-refractivity contribution in [2.75, 3.05) is 0 Å². The first-order valence-electron chi connectivity index (χ1n) is 14.0. The molecule has 8 nitrogen and oxygen atoms in total. The minimum Gasteiger partial charge on any atom is -0.350 e. The van der Waals surface area contributed by atoms with E-state index < -0.39 is 29.9 Å². The minimum atomic E-state index is -0.860. The van der Waals surface area contributed by atoms with Crippen LogP contribution in [0.4, 0.5) is 0 Å². The summed E-state index contributed by atoms with van der Waals surface area (Å²) in [4.78, 5) is 52.3. The maximum Gasteiger partial charge on any atom is 0.243 e. The highest BCUT2D eigenvalue weighted by molar-refractivity contribution is 5.94. The lowest BCUT2D eigenvalue weighted by atomic mass is 10.0. The normalized spacial score (nSPS) is 21.6. The molecule has 212 valence electrons. The van der Waals surface area contributed by atoms with E-state index in [2.05, 4.69) is 33.1 Å². The molecule has 0 spiro atoms. The molecule has 4 N–H and O–H groups in total. The molecule has 2 bridgehead atoms. The number of carbonyl (C=O) groups excluding carboxylic acids is 4. The van der Waals surface area contributed by atoms with Gasteiger partial charge in [-0.25, -0.2) is 0 Å². The highest BCUT2D eigenvalue weighted by atomic mass is 16.2. The maximum atomic E-state index is 13.4. The first-order chi connectivity index (χ1) is 19.2. The van der Waals surface area contributed by atoms with Crippen LogP contribution in [0.1, 0.15) is 69.6 Å². The van der Waals surface area contributed by atoms with Gasteiger partial charge in [-0.1, -0.05) is 68.2 Å². The van der Waals surface area contributed by atoms with E-state index in [-0.39, 0.29) is 30.6 Å². The van der Waals surface area contributed by atoms with Gasteiger partial charge in [-0.3, -0.25) is 19.2 Å². The second-order valence-electron chi connectivity index (χ2n) is 10.7. The van der Waals surface area contributed by atoms with Crippen molar-refractivity contribution >= 4 is 23.6 Å². The zero-order valence-electron chi connectivity index (χ0n) is 23.6. The van der Waals surface area contributed by atoms with Crippen LogP contribution in [0.3, 0.4) is 0 Å². The third-order valence-corrected chi connectivity index (χ3v) is 6.61. The van der Waals surface area contributed by atoms with Crippen LogP contribution < -0.4 is 21.3 Å². The number of hydrogen-bond donors (Lipinski definition) is 4. The van der Waals surface area contributed by atoms with Crippen LogP contribution in [0.25, 0.3) is 0 Å². The van der Waals surface area contributed by atoms with Crippen molar-refractivity contribution < 1.29 is 19.2 Å². The lowest BCUT2D eigenvalue weighted by Crippen LogP contribution is -2.56. The molecule has 2 aromatic rings. The number of benzene rings is 2. The van der Waals surface area contributed by atoms with Crippen molar-refractivity contribution in [3.63, 3.8) is 0 Å². The molecule has 0 radical (unpaired) electrons. The van der Waals surface area contributed by atoms with Crippen LogP contribution >= 0.6 is 0 Å². The number of nitrogens with one attached hydrogen (secondary N) is 4. The molecular formula is C32H40N4O4. The third-order valence-electron chi connectivity index (χ3n) is 6.61. The number of amides is 4. The van der Waals surface area contributed by atoms with Gasteiger partial charge in [-0.05, 0) is 55.4 Å². The zero-order valence-corrected chi connectivity index (χ0v) is 23.6. The summed E-state index contributed by atoms with van der Waals surface area (Å²) in [5.74, 6) is 4.95. The summed E-state index contributed by atoms with van der Waals surface area (Å²) < 4.78 is 0. The summed E-state index contributed by atoms with van der Waals surface area (Å²) in [5.41, 5.74) is 2.64. The van der Waals surface area contributed by atoms with Gasteiger partial charge in [0.1, 0.15) is 18.1 Å². The van der Waals surface area contributed by atoms with E-state index in [1.165, 1.54) is 0 Å². The fourth-order valence-corrected chi connectivity index (χ4v) is 4.45. The first-order valence-corrected chi connectivity index (χ1v) is 14.0. The average Bonchev–Trinajstić information content (AvgIpc) is 2.92. The van der Waals surface area contributed by atoms with Crippen LogP contribution in [-0.2, 0) is 32.1 Å². The number of rotatable bonds is 4. The summed E-state index contributed by atoms with van der Waals surface area (Å²) in [6.45, 7) is 5.82. The van der Waals surface area contributed by atoms with Gasteiger partial charge in [0.25, 0.3) is 0 Å². The van der Waals surface area contributed by atoms with E-state index in [4.69, 9.17) is 0 Å². The van der Waals surface area contributed by atoms with Gasteiger partial charge in [-0.2, -0.15) is 0 Å². The first kappa shape index (κ1) is 30.4. The Balaban J connectivity index is 1.83. The summed E-state index contributed by atoms with van der Waals surface area (Å²) in [7, 11) is 0. The number of hydrogen-bond acceptors (Lipinski definition) is 4. The van der Waals surface area contributed by atoms with Gasteiger partial charge in [0.05, 0.1) is 0 Å². The van der Waals surface area contributed by atoms with Crippen LogP contribution in [0, 0.1) is 17.8 Å². The van der Waals surface area contributed by atoms with Crippen molar-refractivity contribution in [2.24, 2.45) is 5.92 Å². The molecule has 1 aliphatic heterocycles. The molecule has 1 aliphatic rings. The predicted octanol–water partition coefficient (Wildman–Crippen LogP) is 2.99. The minimum absolute atomic E-state index is 0.103. The van der Waals surface area contributed by atoms with Gasteiger partial charge in [0.15, 0.2) is 0 Å². The van der Waals surface area contributed by atoms with Crippen molar-refractivity contribution in [2.45, 2.75) is 84.0 Å². The Hall–Kier alpha value is -4.12. The van der Waals surface area contributed by atoms with E-state index >= 15 is 0 Å². The van der Waals surface area contributed by atoms with Gasteiger partial charge in [0, 0.05) is 31.4 Å². The highest BCUT2D eigenvalue weighted by Crippen LogP contribution is 2.10. The molecule has 0 unspecified atom stereocenters. The van der Waals surface area contributed by atoms with Crippen molar-refractivity contribution in [1.29, 1.82) is 0 Å². The Kier molecular flexibility index (Phi) is 11.8. The van der Waals surface area contributed by atoms with Crippen LogP contribution in [0.15, 0.2) is 54.6 Å². The van der Waals surface area contributed by atoms with E-state index in [0.717, 1.165) is 23.1 Å². The Labute approximate surface area is 237 Å². The molecule has 8 heteroatoms. The van der Waals surface area contributed by atoms with Gasteiger partial charge >= 0.3 is 0 Å². The molecule has 0 fully saturated rings. The molecule has 4 amide bonds. The lowest BCUT2D eigenvalue weighted by molar-refractivity contribution is -0.133. The highest BCUT2D eigenvalue weighted by Gasteiger charge is 2.29. The van der Waals surface area contributed by atoms with Crippen LogP contribution in [-0.4, -0.2) is 41.8 Å². The van der Waals surface area contributed by atoms with Gasteiger partial charge in [0.2, 0.25) is 23.6 Å². The topological polar surface area (TPSA) is 116 Å². The third kappa shape index (κ3) is 10.2. The molecular weight excluding hydrogens is 504 g/mol. The average molecular weight is 545 g/mol. The van der Waals surface area contributed by atoms with Crippen LogP contribution in [0.2, 0.25) is 0 Å². The van der Waals surface area contributed by atoms with E-state index in [1.807, 2.05) is 68.4 Å². The Morgan fingerprint density at radius 1 is 0.850 bits per heavy atom. The SMILES string of the molecule is CC(C)C[C@@H]1NC(=O)[C@H](Cc2ccccc2)NC(=O)CCCCC#Cc2cccc(c2)CNC(=O)[C@H](C)NC1=O. The Morgan fingerprint density at radius 2 is 1.60 bits per heavy atom. The summed E-state index contributed by atoms with van der Waals surface area (Å²) >= 11 is 0. The van der Waals surface area contributed by atoms with Crippen molar-refractivity contribution in [3.05, 3.63) is 71.3 Å². The summed E-state index contributed by atoms with van der Waals surface area (Å²) in [5, 5.41) is 11.3. The molecule has 0 aliphatic carbocycles. The second kappa shape index (κ2) is 15.5. The smallest absolute Gasteiger partial charge is 0.243 e. The predicted molar refractivity (Wildman–Crippen MR) is 155 cm³/mol. The fraction of sp³-hybridized carbons (Fsp3) is 0.438. The lowest BCUT2D eigenvalue weighted by Gasteiger charge is -2.25. The maximum absolute atomic E-state index is 13.4. The van der Waals surface area contributed by atoms with Gasteiger partial charge < -0.3 is 21.3 Å².